The summed E-state index contributed by atoms with van der Waals surface area (Å²) in [5, 5.41) is 15.7. The highest BCUT2D eigenvalue weighted by molar-refractivity contribution is 7.99. The fraction of sp³-hybridized carbons (Fsp3) is 0.769. The maximum absolute atomic E-state index is 9.33. The molecule has 0 saturated carbocycles. The number of aliphatic hydroxyl groups excluding tert-OH is 1. The van der Waals surface area contributed by atoms with Crippen LogP contribution in [0.2, 0.25) is 0 Å². The van der Waals surface area contributed by atoms with Crippen LogP contribution in [0.3, 0.4) is 0 Å². The summed E-state index contributed by atoms with van der Waals surface area (Å²) >= 11 is 1.60. The van der Waals surface area contributed by atoms with Gasteiger partial charge in [-0.3, -0.25) is 0 Å². The molecule has 21 heavy (non-hydrogen) atoms. The average Bonchev–Trinajstić information content (AvgIpc) is 2.46. The number of hydrogen-bond acceptors (Lipinski definition) is 8. The number of nitrogens with one attached hydrogen (secondary N) is 2. The van der Waals surface area contributed by atoms with Gasteiger partial charge in [0.1, 0.15) is 0 Å². The van der Waals surface area contributed by atoms with Gasteiger partial charge in [-0.15, -0.1) is 0 Å². The van der Waals surface area contributed by atoms with E-state index < -0.39 is 0 Å². The summed E-state index contributed by atoms with van der Waals surface area (Å²) in [6.45, 7) is 7.32. The number of aromatic nitrogens is 3. The molecule has 1 rings (SSSR count). The zero-order valence-electron chi connectivity index (χ0n) is 13.1. The van der Waals surface area contributed by atoms with Gasteiger partial charge in [0.05, 0.1) is 13.2 Å². The smallest absolute Gasteiger partial charge is 0.323 e. The van der Waals surface area contributed by atoms with E-state index in [0.29, 0.717) is 24.5 Å². The van der Waals surface area contributed by atoms with Crippen LogP contribution in [0.4, 0.5) is 11.9 Å². The van der Waals surface area contributed by atoms with Crippen molar-refractivity contribution in [3.8, 4) is 6.01 Å². The quantitative estimate of drug-likeness (QED) is 0.600. The van der Waals surface area contributed by atoms with E-state index in [1.54, 1.807) is 11.8 Å². The van der Waals surface area contributed by atoms with Crippen LogP contribution in [-0.2, 0) is 0 Å². The first-order chi connectivity index (χ1) is 10.1. The number of aliphatic hydroxyl groups is 1. The molecule has 0 aromatic carbocycles. The van der Waals surface area contributed by atoms with E-state index in [0.717, 1.165) is 13.0 Å². The molecule has 0 aliphatic carbocycles. The van der Waals surface area contributed by atoms with Gasteiger partial charge in [-0.25, -0.2) is 0 Å². The summed E-state index contributed by atoms with van der Waals surface area (Å²) in [6, 6.07) is 0.325. The molecule has 0 saturated heterocycles. The van der Waals surface area contributed by atoms with Gasteiger partial charge in [-0.2, -0.15) is 26.7 Å². The van der Waals surface area contributed by atoms with Gasteiger partial charge >= 0.3 is 6.01 Å². The summed E-state index contributed by atoms with van der Waals surface area (Å²) in [5.41, 5.74) is 0. The van der Waals surface area contributed by atoms with Crippen LogP contribution in [0, 0.1) is 0 Å². The number of nitrogens with zero attached hydrogens (tertiary/aromatic N) is 3. The SMILES string of the molecule is CCCNc1nc(NC(C)C(CO)SC)nc(OCC)n1. The van der Waals surface area contributed by atoms with E-state index in [9.17, 15) is 5.11 Å². The molecule has 1 aromatic rings. The van der Waals surface area contributed by atoms with Crippen LogP contribution in [0.15, 0.2) is 0 Å². The van der Waals surface area contributed by atoms with Gasteiger partial charge in [0.25, 0.3) is 0 Å². The number of thioether (sulfide) groups is 1. The number of anilines is 2. The fourth-order valence-corrected chi connectivity index (χ4v) is 2.29. The zero-order chi connectivity index (χ0) is 15.7. The lowest BCUT2D eigenvalue weighted by atomic mass is 10.2. The molecule has 0 radical (unpaired) electrons. The minimum absolute atomic E-state index is 0.0286. The molecular weight excluding hydrogens is 290 g/mol. The van der Waals surface area contributed by atoms with Crippen molar-refractivity contribution in [2.75, 3.05) is 36.6 Å². The zero-order valence-corrected chi connectivity index (χ0v) is 13.9. The van der Waals surface area contributed by atoms with Crippen LogP contribution >= 0.6 is 11.8 Å². The van der Waals surface area contributed by atoms with Crippen LogP contribution < -0.4 is 15.4 Å². The molecule has 3 N–H and O–H groups in total. The lowest BCUT2D eigenvalue weighted by Crippen LogP contribution is -2.31. The first-order valence-electron chi connectivity index (χ1n) is 7.17. The van der Waals surface area contributed by atoms with Gasteiger partial charge < -0.3 is 20.5 Å². The Morgan fingerprint density at radius 3 is 2.52 bits per heavy atom. The van der Waals surface area contributed by atoms with Crippen molar-refractivity contribution in [2.24, 2.45) is 0 Å². The lowest BCUT2D eigenvalue weighted by Gasteiger charge is -2.21. The Kier molecular flexibility index (Phi) is 8.14. The summed E-state index contributed by atoms with van der Waals surface area (Å²) in [4.78, 5) is 12.8. The Bertz CT molecular complexity index is 418. The van der Waals surface area contributed by atoms with Crippen molar-refractivity contribution in [1.82, 2.24) is 15.0 Å². The molecule has 0 spiro atoms. The third-order valence-electron chi connectivity index (χ3n) is 2.82. The number of rotatable bonds is 10. The number of ether oxygens (including phenoxy) is 1. The third kappa shape index (κ3) is 5.92. The van der Waals surface area contributed by atoms with Gasteiger partial charge in [0.2, 0.25) is 11.9 Å². The highest BCUT2D eigenvalue weighted by Gasteiger charge is 2.17. The third-order valence-corrected chi connectivity index (χ3v) is 3.98. The van der Waals surface area contributed by atoms with Crippen LogP contribution in [0.5, 0.6) is 6.01 Å². The van der Waals surface area contributed by atoms with Crippen molar-refractivity contribution in [3.63, 3.8) is 0 Å². The maximum atomic E-state index is 9.33. The fourth-order valence-electron chi connectivity index (χ4n) is 1.66. The average molecular weight is 315 g/mol. The first-order valence-corrected chi connectivity index (χ1v) is 8.46. The minimum Gasteiger partial charge on any atom is -0.464 e. The molecule has 0 bridgehead atoms. The Hall–Kier alpha value is -1.28. The maximum Gasteiger partial charge on any atom is 0.323 e. The largest absolute Gasteiger partial charge is 0.464 e. The van der Waals surface area contributed by atoms with Gasteiger partial charge in [-0.1, -0.05) is 6.92 Å². The second-order valence-corrected chi connectivity index (χ2v) is 5.59. The van der Waals surface area contributed by atoms with Crippen molar-refractivity contribution in [1.29, 1.82) is 0 Å². The summed E-state index contributed by atoms with van der Waals surface area (Å²) in [5.74, 6) is 0.946. The van der Waals surface area contributed by atoms with E-state index >= 15 is 0 Å². The topological polar surface area (TPSA) is 92.2 Å². The summed E-state index contributed by atoms with van der Waals surface area (Å²) < 4.78 is 5.37. The lowest BCUT2D eigenvalue weighted by molar-refractivity contribution is 0.288. The van der Waals surface area contributed by atoms with Crippen LogP contribution in [-0.4, -0.2) is 57.4 Å². The van der Waals surface area contributed by atoms with Gasteiger partial charge in [0, 0.05) is 17.8 Å². The molecule has 2 unspecified atom stereocenters. The van der Waals surface area contributed by atoms with Crippen molar-refractivity contribution in [3.05, 3.63) is 0 Å². The van der Waals surface area contributed by atoms with E-state index in [-0.39, 0.29) is 17.9 Å². The Morgan fingerprint density at radius 1 is 1.24 bits per heavy atom. The molecule has 8 heteroatoms. The van der Waals surface area contributed by atoms with Crippen molar-refractivity contribution in [2.45, 2.75) is 38.5 Å². The standard InChI is InChI=1S/C13H25N5O2S/c1-5-7-14-11-16-12(18-13(17-11)20-6-2)15-9(3)10(8-19)21-4/h9-10,19H,5-8H2,1-4H3,(H2,14,15,16,17,18). The molecule has 7 nitrogen and oxygen atoms in total. The molecule has 0 aliphatic heterocycles. The van der Waals surface area contributed by atoms with E-state index in [4.69, 9.17) is 4.74 Å². The Labute approximate surface area is 130 Å². The van der Waals surface area contributed by atoms with Gasteiger partial charge in [-0.05, 0) is 26.5 Å². The number of hydrogen-bond donors (Lipinski definition) is 3. The summed E-state index contributed by atoms with van der Waals surface area (Å²) in [6.07, 6.45) is 2.94. The summed E-state index contributed by atoms with van der Waals surface area (Å²) in [7, 11) is 0. The van der Waals surface area contributed by atoms with E-state index in [2.05, 4.69) is 32.5 Å². The molecule has 0 amide bonds. The van der Waals surface area contributed by atoms with Crippen LogP contribution in [0.25, 0.3) is 0 Å². The monoisotopic (exact) mass is 315 g/mol. The second kappa shape index (κ2) is 9.62. The highest BCUT2D eigenvalue weighted by Crippen LogP contribution is 2.16. The van der Waals surface area contributed by atoms with E-state index in [1.807, 2.05) is 20.1 Å². The Morgan fingerprint density at radius 2 is 1.95 bits per heavy atom. The van der Waals surface area contributed by atoms with Gasteiger partial charge in [0.15, 0.2) is 0 Å². The normalized spacial score (nSPS) is 13.6. The van der Waals surface area contributed by atoms with E-state index in [1.165, 1.54) is 0 Å². The van der Waals surface area contributed by atoms with Crippen molar-refractivity contribution < 1.29 is 9.84 Å². The first kappa shape index (κ1) is 17.8. The second-order valence-electron chi connectivity index (χ2n) is 4.51. The molecule has 0 fully saturated rings. The van der Waals surface area contributed by atoms with Crippen molar-refractivity contribution >= 4 is 23.7 Å². The molecular formula is C13H25N5O2S. The highest BCUT2D eigenvalue weighted by atomic mass is 32.2. The predicted octanol–water partition coefficient (Wildman–Crippen LogP) is 1.62. The molecule has 120 valence electrons. The van der Waals surface area contributed by atoms with Crippen LogP contribution in [0.1, 0.15) is 27.2 Å². The minimum atomic E-state index is 0.0286. The molecule has 2 atom stereocenters. The Balaban J connectivity index is 2.85. The molecule has 1 aromatic heterocycles. The molecule has 1 heterocycles. The predicted molar refractivity (Wildman–Crippen MR) is 87.3 cm³/mol. The molecule has 0 aliphatic rings.